The number of carbonyl (C=O) groups is 1. The van der Waals surface area contributed by atoms with E-state index in [9.17, 15) is 13.2 Å². The molecule has 1 N–H and O–H groups in total. The number of carbonyl (C=O) groups excluding carboxylic acids is 1. The second kappa shape index (κ2) is 8.31. The second-order valence-corrected chi connectivity index (χ2v) is 9.73. The van der Waals surface area contributed by atoms with E-state index in [-0.39, 0.29) is 12.4 Å². The molecule has 2 aromatic carbocycles. The molecule has 1 amide bonds. The predicted octanol–water partition coefficient (Wildman–Crippen LogP) is 4.39. The van der Waals surface area contributed by atoms with Crippen LogP contribution in [0.1, 0.15) is 36.4 Å². The largest absolute Gasteiger partial charge is 0.445 e. The predicted molar refractivity (Wildman–Crippen MR) is 105 cm³/mol. The van der Waals surface area contributed by atoms with Gasteiger partial charge >= 0.3 is 6.09 Å². The van der Waals surface area contributed by atoms with Gasteiger partial charge in [-0.05, 0) is 24.0 Å². The third-order valence-electron chi connectivity index (χ3n) is 5.03. The molecule has 0 spiro atoms. The molecule has 1 aliphatic carbocycles. The molecule has 1 unspecified atom stereocenters. The van der Waals surface area contributed by atoms with Gasteiger partial charge in [-0.15, -0.1) is 0 Å². The zero-order chi connectivity index (χ0) is 19.3. The van der Waals surface area contributed by atoms with Crippen LogP contribution in [0.3, 0.4) is 0 Å². The van der Waals surface area contributed by atoms with Crippen molar-refractivity contribution >= 4 is 25.8 Å². The summed E-state index contributed by atoms with van der Waals surface area (Å²) in [5.41, 5.74) is 1.10. The quantitative estimate of drug-likeness (QED) is 0.690. The van der Waals surface area contributed by atoms with Gasteiger partial charge in [0.05, 0.1) is 11.8 Å². The van der Waals surface area contributed by atoms with Crippen LogP contribution in [0.2, 0.25) is 0 Å². The lowest BCUT2D eigenvalue weighted by Gasteiger charge is -2.47. The van der Waals surface area contributed by atoms with Crippen LogP contribution in [0.15, 0.2) is 60.7 Å². The van der Waals surface area contributed by atoms with Crippen molar-refractivity contribution < 1.29 is 17.9 Å². The van der Waals surface area contributed by atoms with E-state index < -0.39 is 26.6 Å². The van der Waals surface area contributed by atoms with Crippen molar-refractivity contribution in [1.82, 2.24) is 5.32 Å². The standard InChI is InChI=1S/C20H22ClNO4S/c21-27(24,25)15-20(12-7-13-20)18(17-10-5-2-6-11-17)22-19(23)26-14-16-8-3-1-4-9-16/h1-6,8-11,18H,7,12-15H2,(H,22,23). The maximum absolute atomic E-state index is 12.4. The highest BCUT2D eigenvalue weighted by atomic mass is 35.7. The maximum atomic E-state index is 12.4. The lowest BCUT2D eigenvalue weighted by molar-refractivity contribution is 0.0826. The lowest BCUT2D eigenvalue weighted by atomic mass is 9.63. The molecular formula is C20H22ClNO4S. The first-order valence-electron chi connectivity index (χ1n) is 8.82. The molecule has 1 saturated carbocycles. The topological polar surface area (TPSA) is 72.5 Å². The minimum atomic E-state index is -3.71. The molecular weight excluding hydrogens is 386 g/mol. The van der Waals surface area contributed by atoms with Gasteiger partial charge in [-0.25, -0.2) is 13.2 Å². The van der Waals surface area contributed by atoms with Gasteiger partial charge in [-0.3, -0.25) is 0 Å². The Balaban J connectivity index is 1.77. The molecule has 0 aromatic heterocycles. The fourth-order valence-corrected chi connectivity index (χ4v) is 5.40. The smallest absolute Gasteiger partial charge is 0.407 e. The summed E-state index contributed by atoms with van der Waals surface area (Å²) < 4.78 is 28.9. The third kappa shape index (κ3) is 5.23. The zero-order valence-corrected chi connectivity index (χ0v) is 16.4. The van der Waals surface area contributed by atoms with Crippen LogP contribution < -0.4 is 5.32 Å². The van der Waals surface area contributed by atoms with E-state index in [2.05, 4.69) is 5.32 Å². The summed E-state index contributed by atoms with van der Waals surface area (Å²) in [5, 5.41) is 2.88. The van der Waals surface area contributed by atoms with Gasteiger partial charge in [0, 0.05) is 16.1 Å². The Morgan fingerprint density at radius 2 is 1.67 bits per heavy atom. The normalized spacial score (nSPS) is 16.8. The maximum Gasteiger partial charge on any atom is 0.407 e. The number of ether oxygens (including phenoxy) is 1. The number of halogens is 1. The summed E-state index contributed by atoms with van der Waals surface area (Å²) in [5.74, 6) is -0.180. The number of nitrogens with one attached hydrogen (secondary N) is 1. The number of benzene rings is 2. The molecule has 27 heavy (non-hydrogen) atoms. The van der Waals surface area contributed by atoms with Crippen molar-refractivity contribution in [3.63, 3.8) is 0 Å². The first kappa shape index (κ1) is 19.7. The SMILES string of the molecule is O=C(NC(c1ccccc1)C1(CS(=O)(=O)Cl)CCC1)OCc1ccccc1. The number of hydrogen-bond acceptors (Lipinski definition) is 4. The zero-order valence-electron chi connectivity index (χ0n) is 14.8. The van der Waals surface area contributed by atoms with Crippen molar-refractivity contribution in [1.29, 1.82) is 0 Å². The van der Waals surface area contributed by atoms with E-state index >= 15 is 0 Å². The Morgan fingerprint density at radius 1 is 1.07 bits per heavy atom. The van der Waals surface area contributed by atoms with Crippen molar-refractivity contribution in [3.8, 4) is 0 Å². The minimum Gasteiger partial charge on any atom is -0.445 e. The fourth-order valence-electron chi connectivity index (χ4n) is 3.61. The van der Waals surface area contributed by atoms with Crippen molar-refractivity contribution in [3.05, 3.63) is 71.8 Å². The molecule has 7 heteroatoms. The van der Waals surface area contributed by atoms with E-state index in [1.54, 1.807) is 0 Å². The van der Waals surface area contributed by atoms with Crippen LogP contribution in [0.25, 0.3) is 0 Å². The van der Waals surface area contributed by atoms with E-state index in [0.717, 1.165) is 17.5 Å². The van der Waals surface area contributed by atoms with E-state index in [0.29, 0.717) is 12.8 Å². The number of rotatable bonds is 7. The average Bonchev–Trinajstić information content (AvgIpc) is 2.62. The molecule has 3 rings (SSSR count). The fraction of sp³-hybridized carbons (Fsp3) is 0.350. The molecule has 0 bridgehead atoms. The lowest BCUT2D eigenvalue weighted by Crippen LogP contribution is -2.48. The van der Waals surface area contributed by atoms with Gasteiger partial charge in [0.25, 0.3) is 0 Å². The van der Waals surface area contributed by atoms with E-state index in [1.165, 1.54) is 0 Å². The van der Waals surface area contributed by atoms with Crippen LogP contribution in [0.5, 0.6) is 0 Å². The van der Waals surface area contributed by atoms with Gasteiger partial charge in [-0.1, -0.05) is 67.1 Å². The monoisotopic (exact) mass is 407 g/mol. The Labute approximate surface area is 164 Å². The molecule has 0 saturated heterocycles. The van der Waals surface area contributed by atoms with E-state index in [1.807, 2.05) is 60.7 Å². The second-order valence-electron chi connectivity index (χ2n) is 6.95. The molecule has 0 heterocycles. The van der Waals surface area contributed by atoms with Crippen LogP contribution >= 0.6 is 10.7 Å². The van der Waals surface area contributed by atoms with Gasteiger partial charge in [0.15, 0.2) is 0 Å². The molecule has 1 fully saturated rings. The first-order chi connectivity index (χ1) is 12.9. The summed E-state index contributed by atoms with van der Waals surface area (Å²) >= 11 is 0. The molecule has 5 nitrogen and oxygen atoms in total. The van der Waals surface area contributed by atoms with Gasteiger partial charge in [-0.2, -0.15) is 0 Å². The minimum absolute atomic E-state index is 0.148. The number of alkyl carbamates (subject to hydrolysis) is 1. The number of hydrogen-bond donors (Lipinski definition) is 1. The summed E-state index contributed by atoms with van der Waals surface area (Å²) in [6.45, 7) is 0.148. The van der Waals surface area contributed by atoms with Crippen LogP contribution in [0, 0.1) is 5.41 Å². The highest BCUT2D eigenvalue weighted by Crippen LogP contribution is 2.51. The van der Waals surface area contributed by atoms with E-state index in [4.69, 9.17) is 15.4 Å². The average molecular weight is 408 g/mol. The van der Waals surface area contributed by atoms with Gasteiger partial charge < -0.3 is 10.1 Å². The van der Waals surface area contributed by atoms with Crippen molar-refractivity contribution in [2.24, 2.45) is 5.41 Å². The summed E-state index contributed by atoms with van der Waals surface area (Å²) in [6, 6.07) is 18.3. The van der Waals surface area contributed by atoms with Crippen molar-refractivity contribution in [2.45, 2.75) is 31.9 Å². The summed E-state index contributed by atoms with van der Waals surface area (Å²) in [7, 11) is 1.86. The highest BCUT2D eigenvalue weighted by molar-refractivity contribution is 8.13. The Morgan fingerprint density at radius 3 is 2.19 bits per heavy atom. The summed E-state index contributed by atoms with van der Waals surface area (Å²) in [4.78, 5) is 12.4. The molecule has 1 atom stereocenters. The Kier molecular flexibility index (Phi) is 6.07. The van der Waals surface area contributed by atoms with Crippen LogP contribution in [-0.4, -0.2) is 20.3 Å². The highest BCUT2D eigenvalue weighted by Gasteiger charge is 2.48. The molecule has 2 aromatic rings. The number of amides is 1. The van der Waals surface area contributed by atoms with Crippen LogP contribution in [-0.2, 0) is 20.4 Å². The van der Waals surface area contributed by atoms with Gasteiger partial charge in [0.2, 0.25) is 9.05 Å². The third-order valence-corrected chi connectivity index (χ3v) is 6.28. The Hall–Kier alpha value is -2.05. The first-order valence-corrected chi connectivity index (χ1v) is 11.3. The molecule has 0 aliphatic heterocycles. The molecule has 1 aliphatic rings. The summed E-state index contributed by atoms with van der Waals surface area (Å²) in [6.07, 6.45) is 1.68. The van der Waals surface area contributed by atoms with Crippen LogP contribution in [0.4, 0.5) is 4.79 Å². The molecule has 144 valence electrons. The van der Waals surface area contributed by atoms with Crippen molar-refractivity contribution in [2.75, 3.05) is 5.75 Å². The molecule has 0 radical (unpaired) electrons. The Bertz CT molecular complexity index is 867. The van der Waals surface area contributed by atoms with Gasteiger partial charge in [0.1, 0.15) is 6.61 Å².